The van der Waals surface area contributed by atoms with Crippen LogP contribution in [-0.2, 0) is 0 Å². The third-order valence-corrected chi connectivity index (χ3v) is 9.35. The van der Waals surface area contributed by atoms with Crippen molar-refractivity contribution in [2.75, 3.05) is 5.88 Å². The fraction of sp³-hybridized carbons (Fsp3) is 1.00. The molecule has 3 rings (SSSR count). The minimum absolute atomic E-state index is 0.0394. The fourth-order valence-electron chi connectivity index (χ4n) is 3.61. The van der Waals surface area contributed by atoms with Crippen molar-refractivity contribution in [2.45, 2.75) is 67.6 Å². The molecule has 0 bridgehead atoms. The van der Waals surface area contributed by atoms with Crippen molar-refractivity contribution in [2.24, 2.45) is 17.8 Å². The Morgan fingerprint density at radius 3 is 1.00 bits per heavy atom. The molecular formula is C16H21Cl11. The van der Waals surface area contributed by atoms with Gasteiger partial charge in [0.1, 0.15) is 0 Å². The van der Waals surface area contributed by atoms with Gasteiger partial charge in [-0.25, -0.2) is 0 Å². The first kappa shape index (κ1) is 28.2. The lowest BCUT2D eigenvalue weighted by Gasteiger charge is -2.35. The number of halogens is 11. The van der Waals surface area contributed by atoms with Gasteiger partial charge in [-0.15, -0.1) is 11.6 Å². The highest BCUT2D eigenvalue weighted by molar-refractivity contribution is 6.75. The molecule has 0 radical (unpaired) electrons. The molecule has 11 heteroatoms. The lowest BCUT2D eigenvalue weighted by molar-refractivity contribution is 0.171. The van der Waals surface area contributed by atoms with E-state index in [4.69, 9.17) is 128 Å². The summed E-state index contributed by atoms with van der Waals surface area (Å²) in [7, 11) is 0. The normalized spacial score (nSPS) is 29.4. The smallest absolute Gasteiger partial charge is 0.122 e. The van der Waals surface area contributed by atoms with E-state index in [1.54, 1.807) is 25.7 Å². The molecular weight excluding hydrogens is 582 g/mol. The van der Waals surface area contributed by atoms with Crippen LogP contribution in [0.15, 0.2) is 0 Å². The second-order valence-corrected chi connectivity index (χ2v) is 15.0. The summed E-state index contributed by atoms with van der Waals surface area (Å²) in [6, 6.07) is 0. The Balaban J connectivity index is 0.000000212. The number of alkyl halides is 11. The first-order valence-corrected chi connectivity index (χ1v) is 12.9. The molecule has 0 aliphatic heterocycles. The lowest BCUT2D eigenvalue weighted by Crippen LogP contribution is -2.22. The van der Waals surface area contributed by atoms with Gasteiger partial charge < -0.3 is 0 Å². The second-order valence-electron chi connectivity index (χ2n) is 7.06. The summed E-state index contributed by atoms with van der Waals surface area (Å²) < 4.78 is -5.66. The van der Waals surface area contributed by atoms with Crippen molar-refractivity contribution in [3.05, 3.63) is 0 Å². The molecule has 0 amide bonds. The molecule has 0 heterocycles. The average molecular weight is 603 g/mol. The molecule has 3 aliphatic rings. The minimum atomic E-state index is -1.63. The molecule has 0 atom stereocenters. The van der Waals surface area contributed by atoms with Crippen LogP contribution in [0.25, 0.3) is 0 Å². The van der Waals surface area contributed by atoms with Crippen LogP contribution in [0.4, 0.5) is 0 Å². The molecule has 0 spiro atoms. The van der Waals surface area contributed by atoms with Gasteiger partial charge in [-0.3, -0.25) is 0 Å². The van der Waals surface area contributed by atoms with Crippen LogP contribution in [0.3, 0.4) is 0 Å². The Morgan fingerprint density at radius 1 is 0.630 bits per heavy atom. The van der Waals surface area contributed by atoms with E-state index in [9.17, 15) is 0 Å². The maximum absolute atomic E-state index is 5.63. The highest BCUT2D eigenvalue weighted by atomic mass is 35.6. The van der Waals surface area contributed by atoms with Crippen LogP contribution in [0.1, 0.15) is 51.4 Å². The second kappa shape index (κ2) is 11.4. The first-order chi connectivity index (χ1) is 12.1. The van der Waals surface area contributed by atoms with Gasteiger partial charge in [0, 0.05) is 0 Å². The number of hydrogen-bond donors (Lipinski definition) is 0. The number of hydrogen-bond acceptors (Lipinski definition) is 0. The van der Waals surface area contributed by atoms with E-state index < -0.39 is 22.2 Å². The standard InChI is InChI=1S/C10H18.C4HCl7.C2H2Cl4/c1-2-6-10-8-4-3-7-9(10)5-1;5-2(6)1(3(2,7)8)4(9,10)11;3-1-2(4,5)6/h9-10H,1-8H2;1H;1H2. The van der Waals surface area contributed by atoms with Gasteiger partial charge in [0.25, 0.3) is 0 Å². The fourth-order valence-corrected chi connectivity index (χ4v) is 7.01. The maximum atomic E-state index is 5.63. The summed E-state index contributed by atoms with van der Waals surface area (Å²) in [6.45, 7) is 0. The highest BCUT2D eigenvalue weighted by Gasteiger charge is 2.81. The summed E-state index contributed by atoms with van der Waals surface area (Å²) in [4.78, 5) is 0. The molecule has 0 aromatic heterocycles. The maximum Gasteiger partial charge on any atom is 0.203 e. The Labute approximate surface area is 217 Å². The van der Waals surface area contributed by atoms with Gasteiger partial charge in [-0.2, -0.15) is 0 Å². The van der Waals surface area contributed by atoms with Crippen molar-refractivity contribution in [1.82, 2.24) is 0 Å². The third-order valence-electron chi connectivity index (χ3n) is 5.03. The van der Waals surface area contributed by atoms with Crippen LogP contribution < -0.4 is 0 Å². The molecule has 3 fully saturated rings. The van der Waals surface area contributed by atoms with E-state index in [2.05, 4.69) is 0 Å². The molecule has 27 heavy (non-hydrogen) atoms. The minimum Gasteiger partial charge on any atom is -0.122 e. The molecule has 0 N–H and O–H groups in total. The van der Waals surface area contributed by atoms with Crippen LogP contribution >= 0.6 is 128 Å². The van der Waals surface area contributed by atoms with Crippen molar-refractivity contribution in [1.29, 1.82) is 0 Å². The van der Waals surface area contributed by atoms with Crippen LogP contribution in [0.2, 0.25) is 0 Å². The molecule has 3 aliphatic carbocycles. The molecule has 0 unspecified atom stereocenters. The first-order valence-electron chi connectivity index (χ1n) is 8.59. The molecule has 162 valence electrons. The zero-order valence-corrected chi connectivity index (χ0v) is 22.6. The van der Waals surface area contributed by atoms with E-state index in [0.29, 0.717) is 0 Å². The predicted molar refractivity (Wildman–Crippen MR) is 128 cm³/mol. The van der Waals surface area contributed by atoms with Gasteiger partial charge in [-0.1, -0.05) is 167 Å². The molecule has 0 aromatic rings. The molecule has 0 aromatic carbocycles. The number of fused-ring (bicyclic) bond motifs is 1. The zero-order valence-electron chi connectivity index (χ0n) is 14.3. The summed E-state index contributed by atoms with van der Waals surface area (Å²) in [5.41, 5.74) is 0. The summed E-state index contributed by atoms with van der Waals surface area (Å²) in [5.74, 6) is 1.58. The van der Waals surface area contributed by atoms with Crippen LogP contribution in [0, 0.1) is 17.8 Å². The monoisotopic (exact) mass is 598 g/mol. The van der Waals surface area contributed by atoms with E-state index in [-0.39, 0.29) is 5.88 Å². The van der Waals surface area contributed by atoms with E-state index in [1.165, 1.54) is 25.7 Å². The van der Waals surface area contributed by atoms with Gasteiger partial charge in [0.2, 0.25) is 3.79 Å². The van der Waals surface area contributed by atoms with Gasteiger partial charge in [0.15, 0.2) is 12.5 Å². The summed E-state index contributed by atoms with van der Waals surface area (Å²) in [6.07, 6.45) is 12.4. The Hall–Kier alpha value is 3.19. The van der Waals surface area contributed by atoms with Crippen LogP contribution in [0.5, 0.6) is 0 Å². The highest BCUT2D eigenvalue weighted by Crippen LogP contribution is 2.75. The topological polar surface area (TPSA) is 0 Å². The Morgan fingerprint density at radius 2 is 0.889 bits per heavy atom. The number of rotatable bonds is 0. The van der Waals surface area contributed by atoms with Crippen molar-refractivity contribution in [3.63, 3.8) is 0 Å². The quantitative estimate of drug-likeness (QED) is 0.242. The third kappa shape index (κ3) is 8.92. The van der Waals surface area contributed by atoms with Gasteiger partial charge in [0.05, 0.1) is 11.8 Å². The lowest BCUT2D eigenvalue weighted by atomic mass is 9.71. The predicted octanol–water partition coefficient (Wildman–Crippen LogP) is 10.3. The van der Waals surface area contributed by atoms with Gasteiger partial charge in [-0.05, 0) is 11.8 Å². The van der Waals surface area contributed by atoms with Crippen molar-refractivity contribution < 1.29 is 0 Å². The van der Waals surface area contributed by atoms with Crippen molar-refractivity contribution in [3.8, 4) is 0 Å². The molecule has 3 saturated carbocycles. The van der Waals surface area contributed by atoms with E-state index in [1.807, 2.05) is 0 Å². The molecule has 0 nitrogen and oxygen atoms in total. The molecule has 0 saturated heterocycles. The Bertz CT molecular complexity index is 412. The zero-order chi connectivity index (χ0) is 21.1. The van der Waals surface area contributed by atoms with E-state index in [0.717, 1.165) is 11.8 Å². The Kier molecular flexibility index (Phi) is 11.9. The average Bonchev–Trinajstić information content (AvgIpc) is 2.97. The summed E-state index contributed by atoms with van der Waals surface area (Å²) in [5, 5.41) is 0. The van der Waals surface area contributed by atoms with Crippen molar-refractivity contribution >= 4 is 128 Å². The van der Waals surface area contributed by atoms with Crippen LogP contribution in [-0.4, -0.2) is 22.1 Å². The SMILES string of the molecule is C1CCC2CCCCC2C1.ClC(Cl)(Cl)C1C(Cl)(Cl)C1(Cl)Cl.ClCC(Cl)(Cl)Cl. The van der Waals surface area contributed by atoms with E-state index >= 15 is 0 Å². The van der Waals surface area contributed by atoms with Gasteiger partial charge >= 0.3 is 0 Å². The largest absolute Gasteiger partial charge is 0.203 e. The summed E-state index contributed by atoms with van der Waals surface area (Å²) >= 11 is 59.4.